The van der Waals surface area contributed by atoms with Gasteiger partial charge in [0.2, 0.25) is 0 Å². The van der Waals surface area contributed by atoms with Crippen molar-refractivity contribution in [2.24, 2.45) is 0 Å². The largest absolute Gasteiger partial charge is 0.455 e. The van der Waals surface area contributed by atoms with Gasteiger partial charge in [0.15, 0.2) is 0 Å². The molecule has 2 heteroatoms. The molecule has 0 unspecified atom stereocenters. The molecule has 10 rings (SSSR count). The van der Waals surface area contributed by atoms with Gasteiger partial charge in [-0.15, -0.1) is 0 Å². The molecule has 0 atom stereocenters. The topological polar surface area (TPSA) is 16.4 Å². The highest BCUT2D eigenvalue weighted by Crippen LogP contribution is 2.48. The molecule has 1 aromatic heterocycles. The fourth-order valence-electron chi connectivity index (χ4n) is 7.81. The minimum atomic E-state index is 0.883. The molecule has 0 aliphatic rings. The highest BCUT2D eigenvalue weighted by Gasteiger charge is 2.23. The minimum absolute atomic E-state index is 0.883. The van der Waals surface area contributed by atoms with Gasteiger partial charge in [-0.05, 0) is 80.9 Å². The van der Waals surface area contributed by atoms with E-state index in [1.165, 1.54) is 27.3 Å². The summed E-state index contributed by atoms with van der Waals surface area (Å²) in [7, 11) is 0. The van der Waals surface area contributed by atoms with Gasteiger partial charge in [0, 0.05) is 33.0 Å². The van der Waals surface area contributed by atoms with E-state index in [4.69, 9.17) is 4.42 Å². The molecular formula is C50H33NO. The second-order valence-corrected chi connectivity index (χ2v) is 13.3. The number of para-hydroxylation sites is 2. The van der Waals surface area contributed by atoms with Crippen LogP contribution in [0.4, 0.5) is 17.1 Å². The van der Waals surface area contributed by atoms with E-state index in [1.54, 1.807) is 0 Å². The molecule has 0 N–H and O–H groups in total. The van der Waals surface area contributed by atoms with Crippen molar-refractivity contribution in [2.45, 2.75) is 0 Å². The maximum Gasteiger partial charge on any atom is 0.143 e. The van der Waals surface area contributed by atoms with Crippen molar-refractivity contribution in [3.05, 3.63) is 200 Å². The lowest BCUT2D eigenvalue weighted by Crippen LogP contribution is -2.12. The first-order valence-corrected chi connectivity index (χ1v) is 17.8. The number of hydrogen-bond acceptors (Lipinski definition) is 2. The van der Waals surface area contributed by atoms with Crippen molar-refractivity contribution in [1.29, 1.82) is 0 Å². The van der Waals surface area contributed by atoms with Crippen molar-refractivity contribution in [3.63, 3.8) is 0 Å². The van der Waals surface area contributed by atoms with Gasteiger partial charge in [-0.25, -0.2) is 0 Å². The van der Waals surface area contributed by atoms with E-state index in [-0.39, 0.29) is 0 Å². The van der Waals surface area contributed by atoms with Crippen molar-refractivity contribution < 1.29 is 4.42 Å². The molecule has 9 aromatic carbocycles. The molecule has 0 amide bonds. The summed E-state index contributed by atoms with van der Waals surface area (Å²) >= 11 is 0. The fraction of sp³-hybridized carbons (Fsp3) is 0. The smallest absolute Gasteiger partial charge is 0.143 e. The molecule has 52 heavy (non-hydrogen) atoms. The molecular weight excluding hydrogens is 631 g/mol. The molecule has 0 saturated carbocycles. The van der Waals surface area contributed by atoms with Gasteiger partial charge in [0.1, 0.15) is 11.2 Å². The van der Waals surface area contributed by atoms with E-state index < -0.39 is 0 Å². The summed E-state index contributed by atoms with van der Waals surface area (Å²) in [4.78, 5) is 2.43. The Bertz CT molecular complexity index is 2920. The van der Waals surface area contributed by atoms with Crippen molar-refractivity contribution >= 4 is 60.5 Å². The Morgan fingerprint density at radius 3 is 1.83 bits per heavy atom. The Kier molecular flexibility index (Phi) is 7.18. The number of rotatable bonds is 6. The van der Waals surface area contributed by atoms with Crippen LogP contribution in [0.15, 0.2) is 205 Å². The van der Waals surface area contributed by atoms with E-state index in [9.17, 15) is 0 Å². The summed E-state index contributed by atoms with van der Waals surface area (Å²) in [6.07, 6.45) is 0. The maximum absolute atomic E-state index is 6.66. The van der Waals surface area contributed by atoms with Crippen LogP contribution < -0.4 is 4.90 Å². The number of furan rings is 1. The van der Waals surface area contributed by atoms with E-state index in [1.807, 2.05) is 0 Å². The summed E-state index contributed by atoms with van der Waals surface area (Å²) in [6, 6.07) is 71.7. The van der Waals surface area contributed by atoms with Gasteiger partial charge in [0.25, 0.3) is 0 Å². The summed E-state index contributed by atoms with van der Waals surface area (Å²) in [6.45, 7) is 0. The molecule has 0 fully saturated rings. The highest BCUT2D eigenvalue weighted by atomic mass is 16.3. The lowest BCUT2D eigenvalue weighted by molar-refractivity contribution is 0.673. The Labute approximate surface area is 302 Å². The average molecular weight is 664 g/mol. The Morgan fingerprint density at radius 1 is 0.346 bits per heavy atom. The molecule has 0 spiro atoms. The number of anilines is 3. The van der Waals surface area contributed by atoms with Crippen LogP contribution in [0.5, 0.6) is 0 Å². The van der Waals surface area contributed by atoms with Crippen LogP contribution in [0.25, 0.3) is 76.9 Å². The van der Waals surface area contributed by atoms with Gasteiger partial charge in [-0.2, -0.15) is 0 Å². The normalized spacial score (nSPS) is 11.5. The van der Waals surface area contributed by atoms with E-state index in [0.717, 1.165) is 66.6 Å². The number of fused-ring (bicyclic) bond motifs is 6. The van der Waals surface area contributed by atoms with Gasteiger partial charge < -0.3 is 9.32 Å². The van der Waals surface area contributed by atoms with Gasteiger partial charge in [-0.3, -0.25) is 0 Å². The van der Waals surface area contributed by atoms with Crippen LogP contribution in [0.2, 0.25) is 0 Å². The van der Waals surface area contributed by atoms with E-state index >= 15 is 0 Å². The summed E-state index contributed by atoms with van der Waals surface area (Å²) < 4.78 is 6.66. The lowest BCUT2D eigenvalue weighted by atomic mass is 9.95. The molecule has 1 heterocycles. The Hall–Kier alpha value is -6.90. The third-order valence-corrected chi connectivity index (χ3v) is 10.2. The van der Waals surface area contributed by atoms with Crippen LogP contribution in [-0.4, -0.2) is 0 Å². The standard InChI is InChI=1S/C50H33NO/c1-2-15-35(16-3-1)41-21-8-10-25-46(41)51(40-20-12-19-38(33-40)39-29-28-34-14-4-5-18-37(34)32-39)47-26-11-9-23-43(47)44-24-13-27-48-49(44)45-31-30-36-17-6-7-22-42(36)50(45)52-48/h1-33H. The molecule has 0 aliphatic carbocycles. The first-order chi connectivity index (χ1) is 25.8. The number of nitrogens with zero attached hydrogens (tertiary/aromatic N) is 1. The molecule has 0 saturated heterocycles. The predicted molar refractivity (Wildman–Crippen MR) is 220 cm³/mol. The monoisotopic (exact) mass is 663 g/mol. The van der Waals surface area contributed by atoms with Gasteiger partial charge in [-0.1, -0.05) is 158 Å². The van der Waals surface area contributed by atoms with Crippen LogP contribution in [0.1, 0.15) is 0 Å². The zero-order valence-electron chi connectivity index (χ0n) is 28.4. The van der Waals surface area contributed by atoms with Crippen LogP contribution in [0.3, 0.4) is 0 Å². The maximum atomic E-state index is 6.66. The Balaban J connectivity index is 1.22. The fourth-order valence-corrected chi connectivity index (χ4v) is 7.81. The zero-order valence-corrected chi connectivity index (χ0v) is 28.4. The number of benzene rings is 9. The summed E-state index contributed by atoms with van der Waals surface area (Å²) in [5.74, 6) is 0. The predicted octanol–water partition coefficient (Wildman–Crippen LogP) is 14.4. The Morgan fingerprint density at radius 2 is 0.962 bits per heavy atom. The molecule has 0 aliphatic heterocycles. The lowest BCUT2D eigenvalue weighted by Gasteiger charge is -2.30. The molecule has 10 aromatic rings. The third kappa shape index (κ3) is 5.04. The molecule has 244 valence electrons. The van der Waals surface area contributed by atoms with Crippen LogP contribution in [-0.2, 0) is 0 Å². The average Bonchev–Trinajstić information content (AvgIpc) is 3.61. The zero-order chi connectivity index (χ0) is 34.4. The quantitative estimate of drug-likeness (QED) is 0.176. The molecule has 0 radical (unpaired) electrons. The van der Waals surface area contributed by atoms with Crippen LogP contribution >= 0.6 is 0 Å². The molecule has 2 nitrogen and oxygen atoms in total. The van der Waals surface area contributed by atoms with Crippen molar-refractivity contribution in [2.75, 3.05) is 4.90 Å². The summed E-state index contributed by atoms with van der Waals surface area (Å²) in [5.41, 5.74) is 12.0. The van der Waals surface area contributed by atoms with Crippen molar-refractivity contribution in [1.82, 2.24) is 0 Å². The van der Waals surface area contributed by atoms with Crippen LogP contribution in [0, 0.1) is 0 Å². The van der Waals surface area contributed by atoms with Gasteiger partial charge >= 0.3 is 0 Å². The van der Waals surface area contributed by atoms with E-state index in [2.05, 4.69) is 205 Å². The molecule has 0 bridgehead atoms. The van der Waals surface area contributed by atoms with Crippen molar-refractivity contribution in [3.8, 4) is 33.4 Å². The summed E-state index contributed by atoms with van der Waals surface area (Å²) in [5, 5.41) is 7.01. The SMILES string of the molecule is c1ccc(-c2ccccc2N(c2cccc(-c3ccc4ccccc4c3)c2)c2ccccc2-c2cccc3oc4c5ccccc5ccc4c23)cc1. The second kappa shape index (κ2) is 12.5. The number of hydrogen-bond donors (Lipinski definition) is 0. The van der Waals surface area contributed by atoms with E-state index in [0.29, 0.717) is 0 Å². The third-order valence-electron chi connectivity index (χ3n) is 10.2. The van der Waals surface area contributed by atoms with Gasteiger partial charge in [0.05, 0.1) is 11.4 Å². The highest BCUT2D eigenvalue weighted by molar-refractivity contribution is 6.19. The first kappa shape index (κ1) is 30.0. The second-order valence-electron chi connectivity index (χ2n) is 13.3. The minimum Gasteiger partial charge on any atom is -0.455 e. The first-order valence-electron chi connectivity index (χ1n) is 17.8.